The van der Waals surface area contributed by atoms with Crippen LogP contribution in [0.2, 0.25) is 0 Å². The predicted molar refractivity (Wildman–Crippen MR) is 172 cm³/mol. The number of nitrogens with one attached hydrogen (secondary N) is 1. The van der Waals surface area contributed by atoms with Gasteiger partial charge in [-0.1, -0.05) is 47.4 Å². The highest BCUT2D eigenvalue weighted by atomic mass is 16.6. The summed E-state index contributed by atoms with van der Waals surface area (Å²) in [5.74, 6) is -7.52. The van der Waals surface area contributed by atoms with E-state index in [1.165, 1.54) is 30.0 Å². The minimum atomic E-state index is -2.80. The van der Waals surface area contributed by atoms with Gasteiger partial charge in [0.25, 0.3) is 5.91 Å². The molecular formula is C34H40BN3O10. The van der Waals surface area contributed by atoms with Crippen LogP contribution in [-0.4, -0.2) is 118 Å². The monoisotopic (exact) mass is 661 g/mol. The number of nitrogens with zero attached hydrogens (tertiary/aromatic N) is 2. The lowest BCUT2D eigenvalue weighted by Gasteiger charge is -2.53. The molecule has 0 spiro atoms. The molecule has 2 aliphatic heterocycles. The van der Waals surface area contributed by atoms with E-state index in [1.807, 2.05) is 31.2 Å². The van der Waals surface area contributed by atoms with Crippen LogP contribution in [0.1, 0.15) is 30.0 Å². The third kappa shape index (κ3) is 4.10. The Hall–Kier alpha value is -4.05. The molecule has 3 aliphatic carbocycles. The predicted octanol–water partition coefficient (Wildman–Crippen LogP) is 0.249. The first kappa shape index (κ1) is 32.5. The Morgan fingerprint density at radius 1 is 1.04 bits per heavy atom. The van der Waals surface area contributed by atoms with Gasteiger partial charge in [-0.05, 0) is 46.0 Å². The first-order chi connectivity index (χ1) is 22.6. The number of phenolic OH excluding ortho intramolecular Hbond substituents is 1. The van der Waals surface area contributed by atoms with E-state index in [1.54, 1.807) is 14.1 Å². The van der Waals surface area contributed by atoms with Crippen LogP contribution in [0.4, 0.5) is 0 Å². The number of aromatic hydroxyl groups is 1. The van der Waals surface area contributed by atoms with Crippen LogP contribution in [0.15, 0.2) is 59.4 Å². The summed E-state index contributed by atoms with van der Waals surface area (Å²) in [6.45, 7) is 3.11. The molecule has 2 heterocycles. The Bertz CT molecular complexity index is 1810. The van der Waals surface area contributed by atoms with Crippen molar-refractivity contribution >= 4 is 35.4 Å². The van der Waals surface area contributed by atoms with Crippen LogP contribution in [-0.2, 0) is 29.3 Å². The van der Waals surface area contributed by atoms with Gasteiger partial charge in [0.05, 0.1) is 43.5 Å². The number of amides is 1. The fourth-order valence-electron chi connectivity index (χ4n) is 9.00. The second kappa shape index (κ2) is 10.7. The molecule has 254 valence electrons. The number of rotatable bonds is 5. The molecule has 6 N–H and O–H groups in total. The fourth-order valence-corrected chi connectivity index (χ4v) is 9.00. The van der Waals surface area contributed by atoms with Crippen molar-refractivity contribution in [3.8, 4) is 5.75 Å². The summed E-state index contributed by atoms with van der Waals surface area (Å²) in [7, 11) is 3.11. The molecule has 2 saturated heterocycles. The summed E-state index contributed by atoms with van der Waals surface area (Å²) in [5, 5.41) is 60.4. The molecule has 3 fully saturated rings. The second-order valence-corrected chi connectivity index (χ2v) is 14.2. The smallest absolute Gasteiger partial charge is 0.504 e. The van der Waals surface area contributed by atoms with E-state index in [4.69, 9.17) is 9.31 Å². The number of carbonyl (C=O) groups is 3. The first-order valence-electron chi connectivity index (χ1n) is 16.2. The maximum atomic E-state index is 14.4. The van der Waals surface area contributed by atoms with E-state index >= 15 is 0 Å². The zero-order valence-electron chi connectivity index (χ0n) is 27.3. The Labute approximate surface area is 277 Å². The molecule has 0 aromatic heterocycles. The van der Waals surface area contributed by atoms with Crippen LogP contribution in [0, 0.1) is 18.8 Å². The number of benzene rings is 2. The molecule has 2 aromatic rings. The number of ketones is 2. The normalized spacial score (nSPS) is 35.8. The molecule has 13 nitrogen and oxygen atoms in total. The SMILES string of the molecule is Cc1ccc([B-]23OCC[N+]2(CNC(=O)C2=C(O)[C@@]4(O)C(=O)C5=C(O)c6c(O)cccc6[C@@](C)(O)[C@@H]5C[C@H]4[C@@H](N(C)C)C2=O)CCO3)cc1. The third-order valence-electron chi connectivity index (χ3n) is 11.5. The number of aliphatic hydroxyl groups is 4. The number of hydrogen-bond acceptors (Lipinski definition) is 11. The molecule has 1 saturated carbocycles. The number of aryl methyl sites for hydroxylation is 1. The van der Waals surface area contributed by atoms with E-state index in [0.29, 0.717) is 26.3 Å². The summed E-state index contributed by atoms with van der Waals surface area (Å²) in [6, 6.07) is 10.8. The lowest BCUT2D eigenvalue weighted by molar-refractivity contribution is -0.822. The van der Waals surface area contributed by atoms with Gasteiger partial charge in [-0.15, -0.1) is 0 Å². The maximum absolute atomic E-state index is 14.4. The number of fused-ring (bicyclic) bond motifs is 4. The number of quaternary nitrogens is 1. The van der Waals surface area contributed by atoms with Crippen molar-refractivity contribution in [1.82, 2.24) is 10.2 Å². The standard InChI is InChI=1S/C34H40BN3O10/c1-18-8-10-19(11-9-18)35-38(12-14-47-35,13-15-48-35)17-36-32(44)26-29(41)27(37(3)4)22-16-21-25(30(42)34(22,46)31(26)43)28(40)24-20(33(21,2)45)6-5-7-23(24)39/h5-11,21-22,27,39-40,43,45-46H,12-17H2,1-4H3,(H,36,44)/t21-,22+,27-,33-,34+,35?,38?/m1/s1. The van der Waals surface area contributed by atoms with Gasteiger partial charge >= 0.3 is 6.69 Å². The summed E-state index contributed by atoms with van der Waals surface area (Å²) < 4.78 is 12.7. The maximum Gasteiger partial charge on any atom is 0.504 e. The molecule has 0 bridgehead atoms. The number of carbonyl (C=O) groups excluding carboxylic acids is 3. The summed E-state index contributed by atoms with van der Waals surface area (Å²) in [4.78, 5) is 44.0. The molecule has 7 rings (SSSR count). The quantitative estimate of drug-likeness (QED) is 0.191. The number of Topliss-reactive ketones (excluding diaryl/α,β-unsaturated/α-hetero) is 2. The van der Waals surface area contributed by atoms with Crippen molar-refractivity contribution in [2.45, 2.75) is 37.5 Å². The average molecular weight is 662 g/mol. The molecule has 14 heteroatoms. The molecule has 0 radical (unpaired) electrons. The van der Waals surface area contributed by atoms with Crippen molar-refractivity contribution in [2.75, 3.05) is 47.1 Å². The van der Waals surface area contributed by atoms with E-state index in [0.717, 1.165) is 11.0 Å². The Morgan fingerprint density at radius 2 is 1.69 bits per heavy atom. The molecular weight excluding hydrogens is 621 g/mol. The first-order valence-corrected chi connectivity index (χ1v) is 16.2. The highest BCUT2D eigenvalue weighted by Crippen LogP contribution is 2.57. The number of hydrogen-bond donors (Lipinski definition) is 6. The molecule has 0 unspecified atom stereocenters. The molecule has 5 atom stereocenters. The zero-order chi connectivity index (χ0) is 34.6. The highest BCUT2D eigenvalue weighted by Gasteiger charge is 2.67. The van der Waals surface area contributed by atoms with Crippen molar-refractivity contribution in [2.24, 2.45) is 11.8 Å². The highest BCUT2D eigenvalue weighted by molar-refractivity contribution is 6.75. The van der Waals surface area contributed by atoms with E-state index in [9.17, 15) is 39.9 Å². The van der Waals surface area contributed by atoms with Crippen LogP contribution < -0.4 is 10.8 Å². The van der Waals surface area contributed by atoms with Gasteiger partial charge in [-0.3, -0.25) is 19.3 Å². The van der Waals surface area contributed by atoms with Gasteiger partial charge in [-0.2, -0.15) is 0 Å². The summed E-state index contributed by atoms with van der Waals surface area (Å²) in [6.07, 6.45) is -0.215. The van der Waals surface area contributed by atoms with Gasteiger partial charge in [0.1, 0.15) is 29.5 Å². The van der Waals surface area contributed by atoms with Crippen molar-refractivity contribution < 1.29 is 53.6 Å². The zero-order valence-corrected chi connectivity index (χ0v) is 27.3. The molecule has 48 heavy (non-hydrogen) atoms. The lowest BCUT2D eigenvalue weighted by Crippen LogP contribution is -2.72. The van der Waals surface area contributed by atoms with Gasteiger partial charge in [0, 0.05) is 17.4 Å². The van der Waals surface area contributed by atoms with E-state index in [2.05, 4.69) is 5.32 Å². The fraction of sp³-hybridized carbons (Fsp3) is 0.441. The Kier molecular flexibility index (Phi) is 7.26. The minimum Gasteiger partial charge on any atom is -0.508 e. The largest absolute Gasteiger partial charge is 0.508 e. The average Bonchev–Trinajstić information content (AvgIpc) is 3.57. The third-order valence-corrected chi connectivity index (χ3v) is 11.5. The van der Waals surface area contributed by atoms with Crippen LogP contribution in [0.5, 0.6) is 5.75 Å². The van der Waals surface area contributed by atoms with E-state index < -0.39 is 81.7 Å². The van der Waals surface area contributed by atoms with Gasteiger partial charge < -0.3 is 44.6 Å². The molecule has 2 aromatic carbocycles. The number of likely N-dealkylation sites (N-methyl/N-ethyl adjacent to an activating group) is 1. The van der Waals surface area contributed by atoms with Crippen LogP contribution in [0.3, 0.4) is 0 Å². The number of phenols is 1. The lowest BCUT2D eigenvalue weighted by atomic mass is 9.54. The van der Waals surface area contributed by atoms with Crippen LogP contribution >= 0.6 is 0 Å². The van der Waals surface area contributed by atoms with Crippen LogP contribution in [0.25, 0.3) is 5.76 Å². The van der Waals surface area contributed by atoms with E-state index in [-0.39, 0.29) is 28.6 Å². The molecule has 5 aliphatic rings. The van der Waals surface area contributed by atoms with Gasteiger partial charge in [0.15, 0.2) is 11.4 Å². The Morgan fingerprint density at radius 3 is 2.31 bits per heavy atom. The Balaban J connectivity index is 1.28. The minimum absolute atomic E-state index is 0.0217. The van der Waals surface area contributed by atoms with Crippen molar-refractivity contribution in [3.05, 3.63) is 76.1 Å². The van der Waals surface area contributed by atoms with Gasteiger partial charge in [-0.25, -0.2) is 0 Å². The summed E-state index contributed by atoms with van der Waals surface area (Å²) in [5.41, 5.74) is -3.89. The van der Waals surface area contributed by atoms with Crippen molar-refractivity contribution in [3.63, 3.8) is 0 Å². The second-order valence-electron chi connectivity index (χ2n) is 14.2. The van der Waals surface area contributed by atoms with Crippen molar-refractivity contribution in [1.29, 1.82) is 0 Å². The van der Waals surface area contributed by atoms with Gasteiger partial charge in [0.2, 0.25) is 5.78 Å². The topological polar surface area (TPSA) is 186 Å². The number of aliphatic hydroxyl groups excluding tert-OH is 2. The summed E-state index contributed by atoms with van der Waals surface area (Å²) >= 11 is 0. The molecule has 1 amide bonds.